The zero-order chi connectivity index (χ0) is 15.1. The normalized spacial score (nSPS) is 11.7. The van der Waals surface area contributed by atoms with E-state index in [0.29, 0.717) is 11.5 Å². The number of rotatable bonds is 7. The zero-order valence-electron chi connectivity index (χ0n) is 10.9. The molecule has 0 spiro atoms. The molecule has 0 saturated carbocycles. The van der Waals surface area contributed by atoms with Gasteiger partial charge in [-0.1, -0.05) is 5.16 Å². The maximum absolute atomic E-state index is 11.5. The van der Waals surface area contributed by atoms with E-state index in [1.54, 1.807) is 13.0 Å². The number of hydrogen-bond acceptors (Lipinski definition) is 5. The van der Waals surface area contributed by atoms with Crippen LogP contribution in [0.4, 0.5) is 4.79 Å². The van der Waals surface area contributed by atoms with Crippen molar-refractivity contribution in [3.63, 3.8) is 0 Å². The number of carboxylic acids is 1. The van der Waals surface area contributed by atoms with Gasteiger partial charge in [0.25, 0.3) is 0 Å². The molecule has 9 nitrogen and oxygen atoms in total. The molecule has 0 fully saturated rings. The van der Waals surface area contributed by atoms with Crippen LogP contribution in [0.25, 0.3) is 0 Å². The number of primary amides is 1. The van der Waals surface area contributed by atoms with Gasteiger partial charge in [0.1, 0.15) is 17.5 Å². The molecule has 1 aromatic heterocycles. The monoisotopic (exact) mass is 284 g/mol. The van der Waals surface area contributed by atoms with Crippen LogP contribution in [0.5, 0.6) is 0 Å². The van der Waals surface area contributed by atoms with Crippen LogP contribution < -0.4 is 16.4 Å². The summed E-state index contributed by atoms with van der Waals surface area (Å²) in [5.41, 5.74) is 5.45. The topological polar surface area (TPSA) is 148 Å². The van der Waals surface area contributed by atoms with Crippen LogP contribution in [-0.2, 0) is 16.1 Å². The Morgan fingerprint density at radius 1 is 1.50 bits per heavy atom. The van der Waals surface area contributed by atoms with Gasteiger partial charge in [0.05, 0.1) is 6.54 Å². The lowest BCUT2D eigenvalue weighted by Gasteiger charge is -2.13. The molecule has 0 bridgehead atoms. The maximum atomic E-state index is 11.5. The lowest BCUT2D eigenvalue weighted by molar-refractivity contribution is -0.139. The molecule has 0 aliphatic heterocycles. The highest BCUT2D eigenvalue weighted by molar-refractivity contribution is 5.83. The lowest BCUT2D eigenvalue weighted by Crippen LogP contribution is -2.46. The Morgan fingerprint density at radius 3 is 2.70 bits per heavy atom. The standard InChI is InChI=1S/C11H16N4O5/c1-6-4-7(15-20-6)5-13-11(19)14-8(10(17)18)2-3-9(12)16/h4,8H,2-3,5H2,1H3,(H2,12,16)(H,17,18)(H2,13,14,19)/t8-/m0/s1. The highest BCUT2D eigenvalue weighted by Gasteiger charge is 2.20. The van der Waals surface area contributed by atoms with Crippen molar-refractivity contribution in [3.8, 4) is 0 Å². The Balaban J connectivity index is 2.41. The van der Waals surface area contributed by atoms with Crippen molar-refractivity contribution in [3.05, 3.63) is 17.5 Å². The minimum atomic E-state index is -1.24. The number of carboxylic acid groups (broad SMARTS) is 1. The third-order valence-electron chi connectivity index (χ3n) is 2.39. The van der Waals surface area contributed by atoms with Crippen LogP contribution in [0.3, 0.4) is 0 Å². The summed E-state index contributed by atoms with van der Waals surface area (Å²) in [6.45, 7) is 1.81. The van der Waals surface area contributed by atoms with Gasteiger partial charge in [-0.2, -0.15) is 0 Å². The van der Waals surface area contributed by atoms with Crippen LogP contribution in [0.2, 0.25) is 0 Å². The predicted octanol–water partition coefficient (Wildman–Crippen LogP) is -0.499. The minimum Gasteiger partial charge on any atom is -0.480 e. The van der Waals surface area contributed by atoms with Gasteiger partial charge < -0.3 is 26.0 Å². The lowest BCUT2D eigenvalue weighted by atomic mass is 10.1. The Bertz CT molecular complexity index is 499. The smallest absolute Gasteiger partial charge is 0.326 e. The summed E-state index contributed by atoms with van der Waals surface area (Å²) in [5.74, 6) is -1.26. The number of urea groups is 1. The number of aromatic nitrogens is 1. The summed E-state index contributed by atoms with van der Waals surface area (Å²) in [4.78, 5) is 33.0. The highest BCUT2D eigenvalue weighted by Crippen LogP contribution is 2.01. The van der Waals surface area contributed by atoms with Gasteiger partial charge >= 0.3 is 12.0 Å². The summed E-state index contributed by atoms with van der Waals surface area (Å²) < 4.78 is 4.81. The molecule has 1 aromatic rings. The molecule has 0 aromatic carbocycles. The summed E-state index contributed by atoms with van der Waals surface area (Å²) in [6, 6.07) is -0.216. The number of aliphatic carboxylic acids is 1. The summed E-state index contributed by atoms with van der Waals surface area (Å²) in [6.07, 6.45) is -0.194. The number of hydrogen-bond donors (Lipinski definition) is 4. The van der Waals surface area contributed by atoms with Gasteiger partial charge in [-0.25, -0.2) is 9.59 Å². The fourth-order valence-corrected chi connectivity index (χ4v) is 1.43. The van der Waals surface area contributed by atoms with Crippen molar-refractivity contribution in [2.45, 2.75) is 32.4 Å². The largest absolute Gasteiger partial charge is 0.480 e. The van der Waals surface area contributed by atoms with Crippen LogP contribution >= 0.6 is 0 Å². The second-order valence-corrected chi connectivity index (χ2v) is 4.15. The molecule has 9 heteroatoms. The summed E-state index contributed by atoms with van der Waals surface area (Å²) in [5, 5.41) is 17.2. The van der Waals surface area contributed by atoms with E-state index in [0.717, 1.165) is 0 Å². The first-order chi connectivity index (χ1) is 9.38. The second kappa shape index (κ2) is 7.12. The summed E-state index contributed by atoms with van der Waals surface area (Å²) >= 11 is 0. The van der Waals surface area contributed by atoms with E-state index < -0.39 is 23.9 Å². The van der Waals surface area contributed by atoms with Gasteiger partial charge in [0.15, 0.2) is 0 Å². The van der Waals surface area contributed by atoms with Gasteiger partial charge in [0, 0.05) is 12.5 Å². The SMILES string of the molecule is Cc1cc(CNC(=O)N[C@@H](CCC(N)=O)C(=O)O)no1. The van der Waals surface area contributed by atoms with Crippen molar-refractivity contribution in [1.82, 2.24) is 15.8 Å². The number of nitrogens with two attached hydrogens (primary N) is 1. The average Bonchev–Trinajstić information content (AvgIpc) is 2.77. The van der Waals surface area contributed by atoms with Crippen molar-refractivity contribution >= 4 is 17.9 Å². The van der Waals surface area contributed by atoms with Crippen molar-refractivity contribution in [2.24, 2.45) is 5.73 Å². The molecule has 0 unspecified atom stereocenters. The molecular formula is C11H16N4O5. The fraction of sp³-hybridized carbons (Fsp3) is 0.455. The number of nitrogens with zero attached hydrogens (tertiary/aromatic N) is 1. The van der Waals surface area contributed by atoms with E-state index in [-0.39, 0.29) is 19.4 Å². The molecule has 1 rings (SSSR count). The molecular weight excluding hydrogens is 268 g/mol. The Labute approximate surface area is 114 Å². The predicted molar refractivity (Wildman–Crippen MR) is 66.5 cm³/mol. The van der Waals surface area contributed by atoms with Crippen molar-refractivity contribution in [2.75, 3.05) is 0 Å². The number of aryl methyl sites for hydroxylation is 1. The molecule has 20 heavy (non-hydrogen) atoms. The number of carbonyl (C=O) groups is 3. The van der Waals surface area contributed by atoms with Crippen LogP contribution in [-0.4, -0.2) is 34.2 Å². The first-order valence-corrected chi connectivity index (χ1v) is 5.86. The average molecular weight is 284 g/mol. The van der Waals surface area contributed by atoms with E-state index in [2.05, 4.69) is 15.8 Å². The summed E-state index contributed by atoms with van der Waals surface area (Å²) in [7, 11) is 0. The second-order valence-electron chi connectivity index (χ2n) is 4.15. The minimum absolute atomic E-state index is 0.0683. The molecule has 1 atom stereocenters. The Kier molecular flexibility index (Phi) is 5.51. The van der Waals surface area contributed by atoms with Gasteiger partial charge in [-0.15, -0.1) is 0 Å². The molecule has 0 radical (unpaired) electrons. The maximum Gasteiger partial charge on any atom is 0.326 e. The zero-order valence-corrected chi connectivity index (χ0v) is 10.9. The molecule has 110 valence electrons. The molecule has 0 aliphatic rings. The Hall–Kier alpha value is -2.58. The van der Waals surface area contributed by atoms with Crippen molar-refractivity contribution in [1.29, 1.82) is 0 Å². The molecule has 0 aliphatic carbocycles. The van der Waals surface area contributed by atoms with Crippen LogP contribution in [0.15, 0.2) is 10.6 Å². The van der Waals surface area contributed by atoms with Gasteiger partial charge in [-0.05, 0) is 13.3 Å². The third kappa shape index (κ3) is 5.38. The first kappa shape index (κ1) is 15.5. The van der Waals surface area contributed by atoms with Gasteiger partial charge in [0.2, 0.25) is 5.91 Å². The third-order valence-corrected chi connectivity index (χ3v) is 2.39. The fourth-order valence-electron chi connectivity index (χ4n) is 1.43. The van der Waals surface area contributed by atoms with Crippen LogP contribution in [0.1, 0.15) is 24.3 Å². The van der Waals surface area contributed by atoms with Gasteiger partial charge in [-0.3, -0.25) is 4.79 Å². The Morgan fingerprint density at radius 2 is 2.20 bits per heavy atom. The van der Waals surface area contributed by atoms with Crippen LogP contribution in [0, 0.1) is 6.92 Å². The molecule has 3 amide bonds. The van der Waals surface area contributed by atoms with E-state index in [1.807, 2.05) is 0 Å². The van der Waals surface area contributed by atoms with E-state index in [9.17, 15) is 14.4 Å². The van der Waals surface area contributed by atoms with E-state index in [1.165, 1.54) is 0 Å². The quantitative estimate of drug-likeness (QED) is 0.530. The number of carbonyl (C=O) groups excluding carboxylic acids is 2. The number of nitrogens with one attached hydrogen (secondary N) is 2. The highest BCUT2D eigenvalue weighted by atomic mass is 16.5. The van der Waals surface area contributed by atoms with E-state index in [4.69, 9.17) is 15.4 Å². The molecule has 5 N–H and O–H groups in total. The number of amides is 3. The molecule has 1 heterocycles. The molecule has 0 saturated heterocycles. The van der Waals surface area contributed by atoms with E-state index >= 15 is 0 Å². The first-order valence-electron chi connectivity index (χ1n) is 5.86. The van der Waals surface area contributed by atoms with Crippen molar-refractivity contribution < 1.29 is 24.0 Å².